The molecular formula is C21H14OS2. The first kappa shape index (κ1) is 13.5. The predicted octanol–water partition coefficient (Wildman–Crippen LogP) is 4.56. The molecule has 1 heterocycles. The maximum Gasteiger partial charge on any atom is 0.121 e. The largest absolute Gasteiger partial charge is 0.247 e. The number of hydrogen-bond donors (Lipinski definition) is 0. The molecule has 24 heavy (non-hydrogen) atoms. The second kappa shape index (κ2) is 4.41. The van der Waals surface area contributed by atoms with Crippen molar-refractivity contribution in [3.63, 3.8) is 0 Å². The molecule has 3 heteroatoms. The van der Waals surface area contributed by atoms with Gasteiger partial charge in [-0.2, -0.15) is 0 Å². The van der Waals surface area contributed by atoms with Crippen LogP contribution in [0.3, 0.4) is 0 Å². The molecular weight excluding hydrogens is 332 g/mol. The van der Waals surface area contributed by atoms with Crippen molar-refractivity contribution in [1.82, 2.24) is 0 Å². The summed E-state index contributed by atoms with van der Waals surface area (Å²) in [4.78, 5) is 0. The SMILES string of the molecule is O=S1SC1C12c3ccccc3C(c3ccccc31)c1ccccc12. The predicted molar refractivity (Wildman–Crippen MR) is 99.7 cm³/mol. The van der Waals surface area contributed by atoms with E-state index < -0.39 is 9.83 Å². The Morgan fingerprint density at radius 3 is 1.46 bits per heavy atom. The number of rotatable bonds is 1. The molecule has 116 valence electrons. The molecule has 3 aliphatic carbocycles. The zero-order chi connectivity index (χ0) is 15.9. The molecule has 1 nitrogen and oxygen atoms in total. The summed E-state index contributed by atoms with van der Waals surface area (Å²) in [5.41, 5.74) is 7.97. The molecule has 2 bridgehead atoms. The fourth-order valence-corrected chi connectivity index (χ4v) is 7.78. The summed E-state index contributed by atoms with van der Waals surface area (Å²) in [7, 11) is 0.793. The second-order valence-corrected chi connectivity index (χ2v) is 10.2. The van der Waals surface area contributed by atoms with E-state index in [4.69, 9.17) is 0 Å². The Hall–Kier alpha value is -1.84. The summed E-state index contributed by atoms with van der Waals surface area (Å²) in [6, 6.07) is 26.3. The minimum Gasteiger partial charge on any atom is -0.247 e. The third kappa shape index (κ3) is 1.38. The van der Waals surface area contributed by atoms with Crippen LogP contribution in [0.5, 0.6) is 0 Å². The van der Waals surface area contributed by atoms with Crippen LogP contribution in [0.15, 0.2) is 72.8 Å². The fourth-order valence-electron chi connectivity index (χ4n) is 4.92. The molecule has 3 aromatic carbocycles. The van der Waals surface area contributed by atoms with Gasteiger partial charge in [0.1, 0.15) is 4.58 Å². The van der Waals surface area contributed by atoms with E-state index in [1.165, 1.54) is 33.4 Å². The van der Waals surface area contributed by atoms with E-state index >= 15 is 0 Å². The Balaban J connectivity index is 1.84. The van der Waals surface area contributed by atoms with Gasteiger partial charge in [0.15, 0.2) is 0 Å². The van der Waals surface area contributed by atoms with Gasteiger partial charge in [0.25, 0.3) is 0 Å². The highest BCUT2D eigenvalue weighted by molar-refractivity contribution is 8.85. The van der Waals surface area contributed by atoms with Crippen molar-refractivity contribution >= 4 is 20.6 Å². The van der Waals surface area contributed by atoms with Crippen molar-refractivity contribution < 1.29 is 4.21 Å². The van der Waals surface area contributed by atoms with Gasteiger partial charge in [0, 0.05) is 5.92 Å². The van der Waals surface area contributed by atoms with E-state index in [0.29, 0.717) is 5.92 Å². The lowest BCUT2D eigenvalue weighted by atomic mass is 9.53. The molecule has 1 fully saturated rings. The lowest BCUT2D eigenvalue weighted by molar-refractivity contribution is 0.584. The van der Waals surface area contributed by atoms with Gasteiger partial charge in [0.2, 0.25) is 0 Å². The molecule has 2 atom stereocenters. The molecule has 0 aromatic heterocycles. The molecule has 4 aliphatic rings. The molecule has 1 saturated heterocycles. The van der Waals surface area contributed by atoms with Gasteiger partial charge in [-0.05, 0) is 44.2 Å². The van der Waals surface area contributed by atoms with E-state index in [1.54, 1.807) is 10.8 Å². The smallest absolute Gasteiger partial charge is 0.121 e. The molecule has 0 spiro atoms. The van der Waals surface area contributed by atoms with Gasteiger partial charge in [-0.25, -0.2) is 4.21 Å². The van der Waals surface area contributed by atoms with Crippen LogP contribution in [-0.2, 0) is 15.2 Å². The monoisotopic (exact) mass is 346 g/mol. The van der Waals surface area contributed by atoms with Crippen LogP contribution in [0, 0.1) is 0 Å². The minimum absolute atomic E-state index is 0.113. The summed E-state index contributed by atoms with van der Waals surface area (Å²) in [6.07, 6.45) is 0. The normalized spacial score (nSPS) is 31.1. The first-order valence-corrected chi connectivity index (χ1v) is 10.8. The highest BCUT2D eigenvalue weighted by Gasteiger charge is 2.62. The van der Waals surface area contributed by atoms with Gasteiger partial charge in [-0.1, -0.05) is 72.8 Å². The van der Waals surface area contributed by atoms with E-state index in [1.807, 2.05) is 0 Å². The van der Waals surface area contributed by atoms with Crippen molar-refractivity contribution in [2.75, 3.05) is 0 Å². The highest BCUT2D eigenvalue weighted by Crippen LogP contribution is 2.67. The van der Waals surface area contributed by atoms with Gasteiger partial charge >= 0.3 is 0 Å². The lowest BCUT2D eigenvalue weighted by Crippen LogP contribution is -2.45. The van der Waals surface area contributed by atoms with Crippen molar-refractivity contribution in [2.45, 2.75) is 15.9 Å². The molecule has 0 N–H and O–H groups in total. The molecule has 0 amide bonds. The third-order valence-electron chi connectivity index (χ3n) is 5.76. The summed E-state index contributed by atoms with van der Waals surface area (Å²) in [5, 5.41) is 0. The van der Waals surface area contributed by atoms with Gasteiger partial charge in [0.05, 0.1) is 15.2 Å². The maximum atomic E-state index is 12.5. The van der Waals surface area contributed by atoms with Crippen molar-refractivity contribution in [1.29, 1.82) is 0 Å². The number of hydrogen-bond acceptors (Lipinski definition) is 2. The van der Waals surface area contributed by atoms with Gasteiger partial charge in [-0.15, -0.1) is 0 Å². The van der Waals surface area contributed by atoms with E-state index in [0.717, 1.165) is 0 Å². The zero-order valence-corrected chi connectivity index (χ0v) is 14.4. The van der Waals surface area contributed by atoms with Crippen molar-refractivity contribution in [2.24, 2.45) is 0 Å². The topological polar surface area (TPSA) is 17.1 Å². The Morgan fingerprint density at radius 2 is 1.08 bits per heavy atom. The summed E-state index contributed by atoms with van der Waals surface area (Å²) < 4.78 is 12.6. The summed E-state index contributed by atoms with van der Waals surface area (Å²) in [5.74, 6) is 0.299. The van der Waals surface area contributed by atoms with E-state index in [9.17, 15) is 4.21 Å². The van der Waals surface area contributed by atoms with Crippen LogP contribution in [-0.4, -0.2) is 8.79 Å². The first-order chi connectivity index (χ1) is 11.8. The minimum atomic E-state index is -0.816. The first-order valence-electron chi connectivity index (χ1n) is 8.19. The fraction of sp³-hybridized carbons (Fsp3) is 0.143. The molecule has 0 radical (unpaired) electrons. The molecule has 7 rings (SSSR count). The zero-order valence-electron chi connectivity index (χ0n) is 12.8. The Labute approximate surface area is 147 Å². The van der Waals surface area contributed by atoms with E-state index in [-0.39, 0.29) is 10.00 Å². The van der Waals surface area contributed by atoms with Crippen LogP contribution >= 0.6 is 10.8 Å². The molecule has 3 aromatic rings. The third-order valence-corrected chi connectivity index (χ3v) is 8.73. The molecule has 0 saturated carbocycles. The van der Waals surface area contributed by atoms with Crippen LogP contribution in [0.25, 0.3) is 0 Å². The lowest BCUT2D eigenvalue weighted by Gasteiger charge is -2.50. The van der Waals surface area contributed by atoms with E-state index in [2.05, 4.69) is 72.8 Å². The Morgan fingerprint density at radius 1 is 0.708 bits per heavy atom. The summed E-state index contributed by atoms with van der Waals surface area (Å²) >= 11 is 0. The average molecular weight is 346 g/mol. The van der Waals surface area contributed by atoms with Crippen LogP contribution in [0.2, 0.25) is 0 Å². The molecule has 2 unspecified atom stereocenters. The second-order valence-electron chi connectivity index (χ2n) is 6.69. The van der Waals surface area contributed by atoms with Crippen molar-refractivity contribution in [3.05, 3.63) is 106 Å². The Kier molecular flexibility index (Phi) is 2.47. The standard InChI is InChI=1S/C21H14OS2/c22-24-20(23-24)21-16-10-4-1-7-13(16)19(14-8-2-5-11-17(14)21)15-9-3-6-12-18(15)21/h1-12,19-20H. The average Bonchev–Trinajstić information content (AvgIpc) is 3.38. The summed E-state index contributed by atoms with van der Waals surface area (Å²) in [6.45, 7) is 0. The van der Waals surface area contributed by atoms with Crippen LogP contribution in [0.4, 0.5) is 0 Å². The highest BCUT2D eigenvalue weighted by atomic mass is 33.2. The molecule has 1 aliphatic heterocycles. The van der Waals surface area contributed by atoms with Crippen molar-refractivity contribution in [3.8, 4) is 0 Å². The van der Waals surface area contributed by atoms with Gasteiger partial charge in [-0.3, -0.25) is 0 Å². The number of benzene rings is 3. The quantitative estimate of drug-likeness (QED) is 0.474. The Bertz CT molecular complexity index is 924. The van der Waals surface area contributed by atoms with Gasteiger partial charge < -0.3 is 0 Å². The van der Waals surface area contributed by atoms with Crippen LogP contribution in [0.1, 0.15) is 39.3 Å². The van der Waals surface area contributed by atoms with Crippen LogP contribution < -0.4 is 0 Å². The maximum absolute atomic E-state index is 12.5.